The Morgan fingerprint density at radius 3 is 2.62 bits per heavy atom. The quantitative estimate of drug-likeness (QED) is 0.772. The number of benzene rings is 1. The van der Waals surface area contributed by atoms with Gasteiger partial charge < -0.3 is 9.64 Å². The summed E-state index contributed by atoms with van der Waals surface area (Å²) in [4.78, 5) is 13.9. The number of hydrogen-bond donors (Lipinski definition) is 0. The molecule has 1 aliphatic rings. The summed E-state index contributed by atoms with van der Waals surface area (Å²) >= 11 is 6.09. The summed E-state index contributed by atoms with van der Waals surface area (Å²) in [7, 11) is -1.98. The largest absolute Gasteiger partial charge is 0.444 e. The van der Waals surface area contributed by atoms with E-state index < -0.39 is 21.7 Å². The molecule has 6 nitrogen and oxygen atoms in total. The molecule has 1 aliphatic heterocycles. The number of amides is 1. The van der Waals surface area contributed by atoms with Crippen molar-refractivity contribution in [2.75, 3.05) is 20.1 Å². The lowest BCUT2D eigenvalue weighted by Crippen LogP contribution is -2.51. The molecule has 146 valence electrons. The molecule has 1 atom stereocenters. The molecule has 1 amide bonds. The fraction of sp³-hybridized carbons (Fsp3) is 0.611. The number of likely N-dealkylation sites (tertiary alicyclic amines) is 1. The van der Waals surface area contributed by atoms with E-state index >= 15 is 0 Å². The summed E-state index contributed by atoms with van der Waals surface area (Å²) in [5, 5.41) is 0.434. The lowest BCUT2D eigenvalue weighted by molar-refractivity contribution is 0.0163. The van der Waals surface area contributed by atoms with Gasteiger partial charge in [0.1, 0.15) is 5.60 Å². The molecule has 1 aromatic rings. The van der Waals surface area contributed by atoms with Crippen molar-refractivity contribution in [2.45, 2.75) is 51.0 Å². The van der Waals surface area contributed by atoms with Crippen molar-refractivity contribution in [1.82, 2.24) is 9.21 Å². The van der Waals surface area contributed by atoms with Gasteiger partial charge in [-0.25, -0.2) is 13.2 Å². The predicted molar refractivity (Wildman–Crippen MR) is 103 cm³/mol. The van der Waals surface area contributed by atoms with E-state index in [1.165, 1.54) is 4.31 Å². The van der Waals surface area contributed by atoms with Crippen LogP contribution in [0.3, 0.4) is 0 Å². The van der Waals surface area contributed by atoms with E-state index in [1.54, 1.807) is 36.2 Å². The van der Waals surface area contributed by atoms with Crippen molar-refractivity contribution in [2.24, 2.45) is 0 Å². The first kappa shape index (κ1) is 21.0. The molecule has 1 unspecified atom stereocenters. The lowest BCUT2D eigenvalue weighted by Gasteiger charge is -2.37. The number of likely N-dealkylation sites (N-methyl/N-ethyl adjacent to an activating group) is 1. The molecule has 2 rings (SSSR count). The molecule has 26 heavy (non-hydrogen) atoms. The van der Waals surface area contributed by atoms with Crippen LogP contribution >= 0.6 is 11.6 Å². The highest BCUT2D eigenvalue weighted by atomic mass is 35.5. The van der Waals surface area contributed by atoms with Gasteiger partial charge in [-0.3, -0.25) is 0 Å². The van der Waals surface area contributed by atoms with E-state index in [-0.39, 0.29) is 11.8 Å². The van der Waals surface area contributed by atoms with Gasteiger partial charge in [0.2, 0.25) is 10.0 Å². The normalized spacial score (nSPS) is 18.8. The Kier molecular flexibility index (Phi) is 6.58. The summed E-state index contributed by atoms with van der Waals surface area (Å²) in [6.07, 6.45) is 1.03. The minimum absolute atomic E-state index is 0.161. The van der Waals surface area contributed by atoms with Gasteiger partial charge in [-0.2, -0.15) is 4.31 Å². The fourth-order valence-electron chi connectivity index (χ4n) is 2.88. The Labute approximate surface area is 161 Å². The summed E-state index contributed by atoms with van der Waals surface area (Å²) in [5.41, 5.74) is -0.00711. The molecule has 1 fully saturated rings. The standard InChI is InChI=1S/C18H27ClN2O4S/c1-18(2,3)25-17(22)21-11-7-9-15(12-21)20(4)26(23,24)13-14-8-5-6-10-16(14)19/h5-6,8,10,15H,7,9,11-13H2,1-4H3. The Bertz CT molecular complexity index is 746. The molecule has 0 aliphatic carbocycles. The second kappa shape index (κ2) is 8.15. The molecule has 8 heteroatoms. The SMILES string of the molecule is CN(C1CCCN(C(=O)OC(C)(C)C)C1)S(=O)(=O)Cc1ccccc1Cl. The molecule has 0 N–H and O–H groups in total. The number of rotatable bonds is 4. The van der Waals surface area contributed by atoms with E-state index in [2.05, 4.69) is 0 Å². The van der Waals surface area contributed by atoms with E-state index in [1.807, 2.05) is 20.8 Å². The van der Waals surface area contributed by atoms with Crippen LogP contribution in [0.4, 0.5) is 4.79 Å². The highest BCUT2D eigenvalue weighted by Crippen LogP contribution is 2.24. The average Bonchev–Trinajstić information content (AvgIpc) is 2.54. The van der Waals surface area contributed by atoms with Crippen LogP contribution in [0.25, 0.3) is 0 Å². The monoisotopic (exact) mass is 402 g/mol. The third kappa shape index (κ3) is 5.59. The maximum atomic E-state index is 12.8. The topological polar surface area (TPSA) is 66.9 Å². The van der Waals surface area contributed by atoms with Crippen LogP contribution in [0.1, 0.15) is 39.2 Å². The first-order chi connectivity index (χ1) is 12.0. The van der Waals surface area contributed by atoms with Crippen LogP contribution in [-0.2, 0) is 20.5 Å². The zero-order chi connectivity index (χ0) is 19.5. The van der Waals surface area contributed by atoms with Gasteiger partial charge in [-0.1, -0.05) is 29.8 Å². The van der Waals surface area contributed by atoms with Crippen molar-refractivity contribution < 1.29 is 17.9 Å². The van der Waals surface area contributed by atoms with E-state index in [0.717, 1.165) is 6.42 Å². The van der Waals surface area contributed by atoms with E-state index in [4.69, 9.17) is 16.3 Å². The molecule has 0 aromatic heterocycles. The number of hydrogen-bond acceptors (Lipinski definition) is 4. The predicted octanol–water partition coefficient (Wildman–Crippen LogP) is 3.50. The van der Waals surface area contributed by atoms with Gasteiger partial charge in [0.15, 0.2) is 0 Å². The van der Waals surface area contributed by atoms with Crippen LogP contribution in [0, 0.1) is 0 Å². The molecule has 0 radical (unpaired) electrons. The maximum absolute atomic E-state index is 12.8. The van der Waals surface area contributed by atoms with Gasteiger partial charge in [-0.05, 0) is 45.2 Å². The molecule has 0 spiro atoms. The Balaban J connectivity index is 2.07. The van der Waals surface area contributed by atoms with Crippen LogP contribution in [0.15, 0.2) is 24.3 Å². The number of piperidine rings is 1. The van der Waals surface area contributed by atoms with Gasteiger partial charge in [0, 0.05) is 31.2 Å². The van der Waals surface area contributed by atoms with Crippen molar-refractivity contribution in [1.29, 1.82) is 0 Å². The Morgan fingerprint density at radius 2 is 2.00 bits per heavy atom. The second-order valence-corrected chi connectivity index (χ2v) is 10.0. The van der Waals surface area contributed by atoms with Gasteiger partial charge in [0.05, 0.1) is 5.75 Å². The van der Waals surface area contributed by atoms with E-state index in [9.17, 15) is 13.2 Å². The second-order valence-electron chi connectivity index (χ2n) is 7.59. The van der Waals surface area contributed by atoms with Crippen molar-refractivity contribution in [3.8, 4) is 0 Å². The fourth-order valence-corrected chi connectivity index (χ4v) is 4.64. The molecule has 0 bridgehead atoms. The number of halogens is 1. The highest BCUT2D eigenvalue weighted by molar-refractivity contribution is 7.88. The van der Waals surface area contributed by atoms with Crippen LogP contribution in [0.2, 0.25) is 5.02 Å². The number of ether oxygens (including phenoxy) is 1. The maximum Gasteiger partial charge on any atom is 0.410 e. The third-order valence-corrected chi connectivity index (χ3v) is 6.52. The van der Waals surface area contributed by atoms with Crippen molar-refractivity contribution >= 4 is 27.7 Å². The van der Waals surface area contributed by atoms with Gasteiger partial charge in [-0.15, -0.1) is 0 Å². The summed E-state index contributed by atoms with van der Waals surface area (Å²) < 4.78 is 32.4. The first-order valence-corrected chi connectivity index (χ1v) is 10.7. The summed E-state index contributed by atoms with van der Waals surface area (Å²) in [5.74, 6) is -0.161. The van der Waals surface area contributed by atoms with Gasteiger partial charge in [0.25, 0.3) is 0 Å². The van der Waals surface area contributed by atoms with Gasteiger partial charge >= 0.3 is 6.09 Å². The van der Waals surface area contributed by atoms with Crippen molar-refractivity contribution in [3.63, 3.8) is 0 Å². The molecule has 0 saturated carbocycles. The third-order valence-electron chi connectivity index (χ3n) is 4.30. The minimum Gasteiger partial charge on any atom is -0.444 e. The molecule has 1 aromatic carbocycles. The molecule has 1 saturated heterocycles. The highest BCUT2D eigenvalue weighted by Gasteiger charge is 2.33. The zero-order valence-corrected chi connectivity index (χ0v) is 17.3. The molecule has 1 heterocycles. The summed E-state index contributed by atoms with van der Waals surface area (Å²) in [6.45, 7) is 6.34. The number of carbonyl (C=O) groups excluding carboxylic acids is 1. The number of carbonyl (C=O) groups is 1. The Hall–Kier alpha value is -1.31. The first-order valence-electron chi connectivity index (χ1n) is 8.66. The number of sulfonamides is 1. The smallest absolute Gasteiger partial charge is 0.410 e. The average molecular weight is 403 g/mol. The molecular weight excluding hydrogens is 376 g/mol. The zero-order valence-electron chi connectivity index (χ0n) is 15.7. The minimum atomic E-state index is -3.55. The van der Waals surface area contributed by atoms with Crippen LogP contribution in [0.5, 0.6) is 0 Å². The molecular formula is C18H27ClN2O4S. The van der Waals surface area contributed by atoms with Crippen LogP contribution in [-0.4, -0.2) is 55.5 Å². The number of nitrogens with zero attached hydrogens (tertiary/aromatic N) is 2. The summed E-state index contributed by atoms with van der Waals surface area (Å²) in [6, 6.07) is 6.64. The van der Waals surface area contributed by atoms with E-state index in [0.29, 0.717) is 30.1 Å². The lowest BCUT2D eigenvalue weighted by atomic mass is 10.1. The van der Waals surface area contributed by atoms with Crippen LogP contribution < -0.4 is 0 Å². The Morgan fingerprint density at radius 1 is 1.35 bits per heavy atom. The van der Waals surface area contributed by atoms with Crippen molar-refractivity contribution in [3.05, 3.63) is 34.9 Å².